The standard InChI is InChI=1S/C8H19O2PS/c1-7(8(2,3)4)10-11(5,9)12-6/h7H,1-6H3/t7?,11-/m1/s1. The van der Waals surface area contributed by atoms with Crippen LogP contribution in [0, 0.1) is 5.41 Å². The molecule has 0 saturated heterocycles. The van der Waals surface area contributed by atoms with Gasteiger partial charge in [-0.2, -0.15) is 0 Å². The Morgan fingerprint density at radius 1 is 1.42 bits per heavy atom. The van der Waals surface area contributed by atoms with Gasteiger partial charge in [0.1, 0.15) is 0 Å². The second-order valence-electron chi connectivity index (χ2n) is 4.07. The zero-order valence-electron chi connectivity index (χ0n) is 8.75. The van der Waals surface area contributed by atoms with E-state index in [2.05, 4.69) is 20.8 Å². The van der Waals surface area contributed by atoms with Crippen molar-refractivity contribution in [3.05, 3.63) is 0 Å². The highest BCUT2D eigenvalue weighted by Crippen LogP contribution is 2.56. The topological polar surface area (TPSA) is 26.3 Å². The molecule has 0 aromatic rings. The van der Waals surface area contributed by atoms with E-state index in [0.29, 0.717) is 0 Å². The first-order chi connectivity index (χ1) is 5.19. The molecule has 0 aromatic carbocycles. The first-order valence-corrected chi connectivity index (χ1v) is 7.91. The van der Waals surface area contributed by atoms with Crippen molar-refractivity contribution in [3.63, 3.8) is 0 Å². The van der Waals surface area contributed by atoms with Gasteiger partial charge in [-0.25, -0.2) is 0 Å². The van der Waals surface area contributed by atoms with Crippen LogP contribution < -0.4 is 0 Å². The van der Waals surface area contributed by atoms with E-state index in [4.69, 9.17) is 4.52 Å². The van der Waals surface area contributed by atoms with E-state index in [1.165, 1.54) is 11.4 Å². The second-order valence-corrected chi connectivity index (χ2v) is 9.27. The largest absolute Gasteiger partial charge is 0.318 e. The normalized spacial score (nSPS) is 20.2. The predicted molar refractivity (Wildman–Crippen MR) is 57.0 cm³/mol. The molecular weight excluding hydrogens is 191 g/mol. The van der Waals surface area contributed by atoms with Crippen LogP contribution >= 0.6 is 18.0 Å². The summed E-state index contributed by atoms with van der Waals surface area (Å²) in [5.74, 6) is 0. The summed E-state index contributed by atoms with van der Waals surface area (Å²) in [4.78, 5) is 0. The van der Waals surface area contributed by atoms with Crippen LogP contribution in [0.15, 0.2) is 0 Å². The van der Waals surface area contributed by atoms with Gasteiger partial charge in [0.2, 0.25) is 0 Å². The molecule has 0 spiro atoms. The fourth-order valence-electron chi connectivity index (χ4n) is 0.488. The molecule has 0 radical (unpaired) electrons. The van der Waals surface area contributed by atoms with Gasteiger partial charge >= 0.3 is 0 Å². The lowest BCUT2D eigenvalue weighted by molar-refractivity contribution is 0.112. The third kappa shape index (κ3) is 4.54. The van der Waals surface area contributed by atoms with E-state index >= 15 is 0 Å². The van der Waals surface area contributed by atoms with Crippen molar-refractivity contribution in [2.45, 2.75) is 33.8 Å². The van der Waals surface area contributed by atoms with Gasteiger partial charge < -0.3 is 4.52 Å². The molecule has 0 amide bonds. The quantitative estimate of drug-likeness (QED) is 0.665. The van der Waals surface area contributed by atoms with Crippen molar-refractivity contribution < 1.29 is 9.09 Å². The van der Waals surface area contributed by atoms with Crippen molar-refractivity contribution in [1.82, 2.24) is 0 Å². The van der Waals surface area contributed by atoms with Crippen LogP contribution in [0.3, 0.4) is 0 Å². The lowest BCUT2D eigenvalue weighted by Gasteiger charge is -2.29. The molecule has 12 heavy (non-hydrogen) atoms. The zero-order valence-corrected chi connectivity index (χ0v) is 10.5. The minimum Gasteiger partial charge on any atom is -0.318 e. The Hall–Kier alpha value is 0.540. The summed E-state index contributed by atoms with van der Waals surface area (Å²) in [6.07, 6.45) is 1.84. The van der Waals surface area contributed by atoms with Crippen molar-refractivity contribution >= 4 is 18.0 Å². The molecule has 2 atom stereocenters. The highest BCUT2D eigenvalue weighted by molar-refractivity contribution is 8.56. The average molecular weight is 210 g/mol. The summed E-state index contributed by atoms with van der Waals surface area (Å²) in [5, 5.41) is 0. The van der Waals surface area contributed by atoms with Gasteiger partial charge in [0.15, 0.2) is 0 Å². The van der Waals surface area contributed by atoms with Crippen LogP contribution in [-0.2, 0) is 9.09 Å². The van der Waals surface area contributed by atoms with Gasteiger partial charge in [0.25, 0.3) is 6.57 Å². The van der Waals surface area contributed by atoms with Crippen LogP contribution in [0.1, 0.15) is 27.7 Å². The number of hydrogen-bond donors (Lipinski definition) is 0. The van der Waals surface area contributed by atoms with Crippen LogP contribution in [-0.4, -0.2) is 19.0 Å². The monoisotopic (exact) mass is 210 g/mol. The fraction of sp³-hybridized carbons (Fsp3) is 1.00. The highest BCUT2D eigenvalue weighted by atomic mass is 32.7. The van der Waals surface area contributed by atoms with Crippen molar-refractivity contribution in [2.24, 2.45) is 5.41 Å². The summed E-state index contributed by atoms with van der Waals surface area (Å²) >= 11 is 1.30. The second kappa shape index (κ2) is 4.17. The molecule has 0 fully saturated rings. The summed E-state index contributed by atoms with van der Waals surface area (Å²) in [7, 11) is 0. The van der Waals surface area contributed by atoms with E-state index in [-0.39, 0.29) is 11.5 Å². The minimum absolute atomic E-state index is 0.0285. The molecule has 4 heteroatoms. The molecule has 0 aromatic heterocycles. The molecule has 0 bridgehead atoms. The Bertz CT molecular complexity index is 186. The minimum atomic E-state index is -2.41. The SMILES string of the molecule is CS[P@](C)(=O)OC(C)C(C)(C)C. The lowest BCUT2D eigenvalue weighted by atomic mass is 9.91. The van der Waals surface area contributed by atoms with Gasteiger partial charge in [-0.15, -0.1) is 0 Å². The highest BCUT2D eigenvalue weighted by Gasteiger charge is 2.26. The van der Waals surface area contributed by atoms with Crippen molar-refractivity contribution in [3.8, 4) is 0 Å². The average Bonchev–Trinajstić information content (AvgIpc) is 1.85. The first-order valence-electron chi connectivity index (χ1n) is 4.00. The van der Waals surface area contributed by atoms with Crippen LogP contribution in [0.4, 0.5) is 0 Å². The smallest absolute Gasteiger partial charge is 0.254 e. The maximum Gasteiger partial charge on any atom is 0.254 e. The third-order valence-electron chi connectivity index (χ3n) is 1.90. The zero-order chi connectivity index (χ0) is 9.99. The molecule has 0 rings (SSSR count). The van der Waals surface area contributed by atoms with Gasteiger partial charge in [0.05, 0.1) is 6.10 Å². The van der Waals surface area contributed by atoms with Gasteiger partial charge in [-0.1, -0.05) is 32.2 Å². The maximum absolute atomic E-state index is 11.6. The molecule has 74 valence electrons. The number of rotatable bonds is 3. The molecular formula is C8H19O2PS. The Balaban J connectivity index is 4.19. The Labute approximate surface area is 79.7 Å². The molecule has 1 unspecified atom stereocenters. The fourth-order valence-corrected chi connectivity index (χ4v) is 2.11. The van der Waals surface area contributed by atoms with E-state index < -0.39 is 6.57 Å². The molecule has 0 aliphatic rings. The van der Waals surface area contributed by atoms with Gasteiger partial charge in [-0.3, -0.25) is 4.57 Å². The van der Waals surface area contributed by atoms with Gasteiger partial charge in [-0.05, 0) is 18.6 Å². The molecule has 0 heterocycles. The Morgan fingerprint density at radius 2 is 1.83 bits per heavy atom. The van der Waals surface area contributed by atoms with E-state index in [9.17, 15) is 4.57 Å². The summed E-state index contributed by atoms with van der Waals surface area (Å²) in [5.41, 5.74) is 0.0569. The van der Waals surface area contributed by atoms with Crippen LogP contribution in [0.25, 0.3) is 0 Å². The molecule has 0 saturated carbocycles. The van der Waals surface area contributed by atoms with Crippen molar-refractivity contribution in [1.29, 1.82) is 0 Å². The Morgan fingerprint density at radius 3 is 2.08 bits per heavy atom. The Kier molecular flexibility index (Phi) is 4.35. The van der Waals surface area contributed by atoms with E-state index in [1.807, 2.05) is 13.2 Å². The van der Waals surface area contributed by atoms with Crippen molar-refractivity contribution in [2.75, 3.05) is 12.9 Å². The molecule has 0 aliphatic carbocycles. The summed E-state index contributed by atoms with van der Waals surface area (Å²) in [6.45, 7) is 7.47. The molecule has 0 N–H and O–H groups in total. The van der Waals surface area contributed by atoms with E-state index in [1.54, 1.807) is 6.66 Å². The van der Waals surface area contributed by atoms with E-state index in [0.717, 1.165) is 0 Å². The lowest BCUT2D eigenvalue weighted by Crippen LogP contribution is -2.24. The number of hydrogen-bond acceptors (Lipinski definition) is 3. The van der Waals surface area contributed by atoms with Crippen LogP contribution in [0.2, 0.25) is 0 Å². The predicted octanol–water partition coefficient (Wildman–Crippen LogP) is 3.62. The van der Waals surface area contributed by atoms with Gasteiger partial charge in [0, 0.05) is 6.66 Å². The molecule has 0 aliphatic heterocycles. The molecule has 2 nitrogen and oxygen atoms in total. The first kappa shape index (κ1) is 12.5. The maximum atomic E-state index is 11.6. The summed E-state index contributed by atoms with van der Waals surface area (Å²) < 4.78 is 17.1. The van der Waals surface area contributed by atoms with Crippen LogP contribution in [0.5, 0.6) is 0 Å². The summed E-state index contributed by atoms with van der Waals surface area (Å²) in [6, 6.07) is 0. The third-order valence-corrected chi connectivity index (χ3v) is 5.51.